The van der Waals surface area contributed by atoms with Gasteiger partial charge in [-0.2, -0.15) is 13.2 Å². The van der Waals surface area contributed by atoms with Crippen molar-refractivity contribution in [2.24, 2.45) is 0 Å². The number of alkyl halides is 3. The van der Waals surface area contributed by atoms with Crippen molar-refractivity contribution in [1.29, 1.82) is 0 Å². The monoisotopic (exact) mass is 405 g/mol. The van der Waals surface area contributed by atoms with Crippen LogP contribution in [0.2, 0.25) is 0 Å². The van der Waals surface area contributed by atoms with E-state index in [0.717, 1.165) is 19.4 Å². The highest BCUT2D eigenvalue weighted by atomic mass is 19.4. The topological polar surface area (TPSA) is 55.3 Å². The van der Waals surface area contributed by atoms with Gasteiger partial charge in [0.2, 0.25) is 5.82 Å². The van der Waals surface area contributed by atoms with Gasteiger partial charge < -0.3 is 4.74 Å². The molecule has 1 fully saturated rings. The number of Topliss-reactive ketones (excluding diaryl/α,β-unsaturated/α-hetero) is 1. The SMILES string of the molecule is Cc1nc(C(F)(F)F)ncc1CN1CCCC2(CC1)CC(=O)c1ccccc1O2. The first-order valence-electron chi connectivity index (χ1n) is 9.69. The van der Waals surface area contributed by atoms with Crippen molar-refractivity contribution in [2.75, 3.05) is 13.1 Å². The number of hydrogen-bond acceptors (Lipinski definition) is 5. The first-order chi connectivity index (χ1) is 13.8. The molecule has 0 amide bonds. The summed E-state index contributed by atoms with van der Waals surface area (Å²) in [7, 11) is 0. The van der Waals surface area contributed by atoms with Crippen LogP contribution >= 0.6 is 0 Å². The van der Waals surface area contributed by atoms with Gasteiger partial charge in [0, 0.05) is 37.0 Å². The third kappa shape index (κ3) is 4.12. The summed E-state index contributed by atoms with van der Waals surface area (Å²) in [5, 5.41) is 0. The summed E-state index contributed by atoms with van der Waals surface area (Å²) in [6.45, 7) is 3.52. The number of hydrogen-bond donors (Lipinski definition) is 0. The van der Waals surface area contributed by atoms with Crippen LogP contribution in [-0.2, 0) is 12.7 Å². The van der Waals surface area contributed by atoms with Gasteiger partial charge in [-0.15, -0.1) is 0 Å². The summed E-state index contributed by atoms with van der Waals surface area (Å²) in [5.41, 5.74) is 1.15. The second kappa shape index (κ2) is 7.40. The van der Waals surface area contributed by atoms with Crippen LogP contribution in [0.25, 0.3) is 0 Å². The molecule has 0 N–H and O–H groups in total. The molecule has 0 bridgehead atoms. The van der Waals surface area contributed by atoms with Crippen LogP contribution in [0.15, 0.2) is 30.5 Å². The Balaban J connectivity index is 1.46. The van der Waals surface area contributed by atoms with Gasteiger partial charge in [0.05, 0.1) is 12.0 Å². The Morgan fingerprint density at radius 2 is 2.00 bits per heavy atom. The highest BCUT2D eigenvalue weighted by Crippen LogP contribution is 2.39. The quantitative estimate of drug-likeness (QED) is 0.750. The Morgan fingerprint density at radius 1 is 1.21 bits per heavy atom. The molecule has 5 nitrogen and oxygen atoms in total. The molecule has 1 spiro atoms. The fourth-order valence-corrected chi connectivity index (χ4v) is 4.13. The van der Waals surface area contributed by atoms with Crippen molar-refractivity contribution in [2.45, 2.75) is 50.9 Å². The molecule has 1 atom stereocenters. The number of carbonyl (C=O) groups is 1. The molecular weight excluding hydrogens is 383 g/mol. The van der Waals surface area contributed by atoms with Gasteiger partial charge in [-0.3, -0.25) is 9.69 Å². The average Bonchev–Trinajstić information content (AvgIpc) is 2.85. The van der Waals surface area contributed by atoms with Gasteiger partial charge in [-0.25, -0.2) is 9.97 Å². The van der Waals surface area contributed by atoms with Crippen LogP contribution in [0.4, 0.5) is 13.2 Å². The molecule has 1 aromatic carbocycles. The highest BCUT2D eigenvalue weighted by Gasteiger charge is 2.41. The zero-order valence-corrected chi connectivity index (χ0v) is 16.1. The van der Waals surface area contributed by atoms with Gasteiger partial charge in [0.15, 0.2) is 5.78 Å². The first-order valence-corrected chi connectivity index (χ1v) is 9.69. The number of fused-ring (bicyclic) bond motifs is 1. The lowest BCUT2D eigenvalue weighted by Gasteiger charge is -2.37. The molecule has 154 valence electrons. The zero-order valence-electron chi connectivity index (χ0n) is 16.1. The number of aryl methyl sites for hydroxylation is 1. The Bertz CT molecular complexity index is 932. The van der Waals surface area contributed by atoms with Gasteiger partial charge in [0.1, 0.15) is 11.4 Å². The predicted octanol–water partition coefficient (Wildman–Crippen LogP) is 4.19. The molecule has 1 unspecified atom stereocenters. The van der Waals surface area contributed by atoms with Crippen molar-refractivity contribution in [3.63, 3.8) is 0 Å². The van der Waals surface area contributed by atoms with Gasteiger partial charge in [-0.05, 0) is 38.4 Å². The van der Waals surface area contributed by atoms with Crippen molar-refractivity contribution >= 4 is 5.78 Å². The van der Waals surface area contributed by atoms with E-state index in [1.807, 2.05) is 18.2 Å². The number of ketones is 1. The second-order valence-corrected chi connectivity index (χ2v) is 7.81. The molecular formula is C21H22F3N3O2. The van der Waals surface area contributed by atoms with Crippen molar-refractivity contribution in [3.8, 4) is 5.75 Å². The van der Waals surface area contributed by atoms with E-state index in [2.05, 4.69) is 14.9 Å². The van der Waals surface area contributed by atoms with Gasteiger partial charge in [0.25, 0.3) is 0 Å². The molecule has 2 aliphatic heterocycles. The molecule has 1 saturated heterocycles. The number of nitrogens with zero attached hydrogens (tertiary/aromatic N) is 3. The molecule has 1 aromatic heterocycles. The number of benzene rings is 1. The fraction of sp³-hybridized carbons (Fsp3) is 0.476. The summed E-state index contributed by atoms with van der Waals surface area (Å²) in [5.74, 6) is -0.363. The maximum atomic E-state index is 12.8. The molecule has 3 heterocycles. The Labute approximate surface area is 166 Å². The predicted molar refractivity (Wildman–Crippen MR) is 99.6 cm³/mol. The van der Waals surface area contributed by atoms with E-state index in [0.29, 0.717) is 48.5 Å². The van der Waals surface area contributed by atoms with Gasteiger partial charge in [-0.1, -0.05) is 12.1 Å². The number of halogens is 3. The van der Waals surface area contributed by atoms with E-state index >= 15 is 0 Å². The number of likely N-dealkylation sites (tertiary alicyclic amines) is 1. The smallest absolute Gasteiger partial charge is 0.451 e. The fourth-order valence-electron chi connectivity index (χ4n) is 4.13. The van der Waals surface area contributed by atoms with Crippen LogP contribution in [0.5, 0.6) is 5.75 Å². The number of aromatic nitrogens is 2. The summed E-state index contributed by atoms with van der Waals surface area (Å²) in [6, 6.07) is 7.32. The van der Waals surface area contributed by atoms with Crippen LogP contribution in [0, 0.1) is 6.92 Å². The van der Waals surface area contributed by atoms with Crippen LogP contribution < -0.4 is 4.74 Å². The minimum Gasteiger partial charge on any atom is -0.486 e. The Hall–Kier alpha value is -2.48. The molecule has 0 saturated carbocycles. The molecule has 0 radical (unpaired) electrons. The zero-order chi connectivity index (χ0) is 20.6. The highest BCUT2D eigenvalue weighted by molar-refractivity contribution is 6.00. The second-order valence-electron chi connectivity index (χ2n) is 7.81. The van der Waals surface area contributed by atoms with E-state index in [1.54, 1.807) is 13.0 Å². The maximum Gasteiger partial charge on any atom is 0.451 e. The molecule has 2 aromatic rings. The summed E-state index contributed by atoms with van der Waals surface area (Å²) >= 11 is 0. The summed E-state index contributed by atoms with van der Waals surface area (Å²) < 4.78 is 44.6. The molecule has 29 heavy (non-hydrogen) atoms. The maximum absolute atomic E-state index is 12.8. The third-order valence-electron chi connectivity index (χ3n) is 5.72. The average molecular weight is 405 g/mol. The Kier molecular flexibility index (Phi) is 5.06. The van der Waals surface area contributed by atoms with E-state index in [9.17, 15) is 18.0 Å². The number of ether oxygens (including phenoxy) is 1. The standard InChI is InChI=1S/C21H22F3N3O2/c1-14-15(12-25-19(26-14)21(22,23)24)13-27-9-4-7-20(8-10-27)11-17(28)16-5-2-3-6-18(16)29-20/h2-3,5-6,12H,4,7-11,13H2,1H3. The first kappa shape index (κ1) is 19.8. The van der Waals surface area contributed by atoms with Gasteiger partial charge >= 0.3 is 6.18 Å². The van der Waals surface area contributed by atoms with Crippen molar-refractivity contribution in [3.05, 3.63) is 53.1 Å². The normalized spacial score (nSPS) is 22.8. The molecule has 2 aliphatic rings. The minimum absolute atomic E-state index is 0.104. The molecule has 8 heteroatoms. The number of rotatable bonds is 2. The largest absolute Gasteiger partial charge is 0.486 e. The van der Waals surface area contributed by atoms with Crippen molar-refractivity contribution in [1.82, 2.24) is 14.9 Å². The van der Waals surface area contributed by atoms with E-state index in [1.165, 1.54) is 6.20 Å². The minimum atomic E-state index is -4.54. The van der Waals surface area contributed by atoms with E-state index in [4.69, 9.17) is 4.74 Å². The Morgan fingerprint density at radius 3 is 2.76 bits per heavy atom. The lowest BCUT2D eigenvalue weighted by molar-refractivity contribution is -0.145. The van der Waals surface area contributed by atoms with Crippen LogP contribution in [0.3, 0.4) is 0 Å². The van der Waals surface area contributed by atoms with Crippen LogP contribution in [0.1, 0.15) is 53.1 Å². The lowest BCUT2D eigenvalue weighted by Crippen LogP contribution is -2.42. The summed E-state index contributed by atoms with van der Waals surface area (Å²) in [6.07, 6.45) is -0.613. The van der Waals surface area contributed by atoms with Crippen molar-refractivity contribution < 1.29 is 22.7 Å². The lowest BCUT2D eigenvalue weighted by atomic mass is 9.84. The van der Waals surface area contributed by atoms with E-state index in [-0.39, 0.29) is 5.78 Å². The molecule has 0 aliphatic carbocycles. The van der Waals surface area contributed by atoms with E-state index < -0.39 is 17.6 Å². The number of carbonyl (C=O) groups excluding carboxylic acids is 1. The molecule has 4 rings (SSSR count). The third-order valence-corrected chi connectivity index (χ3v) is 5.72. The summed E-state index contributed by atoms with van der Waals surface area (Å²) in [4.78, 5) is 21.9. The number of para-hydroxylation sites is 1. The van der Waals surface area contributed by atoms with Crippen LogP contribution in [-0.4, -0.2) is 39.3 Å².